The summed E-state index contributed by atoms with van der Waals surface area (Å²) >= 11 is 3.43. The van der Waals surface area contributed by atoms with Crippen LogP contribution in [0.5, 0.6) is 0 Å². The Morgan fingerprint density at radius 1 is 1.62 bits per heavy atom. The van der Waals surface area contributed by atoms with Crippen LogP contribution < -0.4 is 5.48 Å². The van der Waals surface area contributed by atoms with Gasteiger partial charge in [-0.25, -0.2) is 4.39 Å². The quantitative estimate of drug-likeness (QED) is 0.902. The topological polar surface area (TPSA) is 21.3 Å². The maximum Gasteiger partial charge on any atom is 0.122 e. The molecule has 0 spiro atoms. The summed E-state index contributed by atoms with van der Waals surface area (Å²) < 4.78 is 15.0. The highest BCUT2D eigenvalue weighted by Gasteiger charge is 2.63. The van der Waals surface area contributed by atoms with Gasteiger partial charge in [0.1, 0.15) is 11.7 Å². The smallest absolute Gasteiger partial charge is 0.122 e. The third-order valence-corrected chi connectivity index (χ3v) is 4.12. The third kappa shape index (κ3) is 1.36. The number of nitrogens with one attached hydrogen (secondary N) is 1. The zero-order valence-corrected chi connectivity index (χ0v) is 10.5. The number of hydrogen-bond donors (Lipinski definition) is 1. The predicted molar refractivity (Wildman–Crippen MR) is 62.5 cm³/mol. The van der Waals surface area contributed by atoms with Crippen molar-refractivity contribution in [3.63, 3.8) is 0 Å². The van der Waals surface area contributed by atoms with E-state index in [9.17, 15) is 4.39 Å². The normalized spacial score (nSPS) is 38.2. The van der Waals surface area contributed by atoms with Crippen LogP contribution in [0.2, 0.25) is 0 Å². The Morgan fingerprint density at radius 2 is 2.44 bits per heavy atom. The average Bonchev–Trinajstić information content (AvgIpc) is 2.92. The van der Waals surface area contributed by atoms with E-state index in [0.29, 0.717) is 0 Å². The first-order chi connectivity index (χ1) is 7.64. The molecule has 2 aliphatic rings. The lowest BCUT2D eigenvalue weighted by molar-refractivity contribution is -0.00998. The van der Waals surface area contributed by atoms with Crippen molar-refractivity contribution in [3.8, 4) is 0 Å². The van der Waals surface area contributed by atoms with Crippen molar-refractivity contribution in [1.82, 2.24) is 5.48 Å². The molecule has 1 unspecified atom stereocenters. The zero-order chi connectivity index (χ0) is 11.3. The first-order valence-electron chi connectivity index (χ1n) is 5.47. The summed E-state index contributed by atoms with van der Waals surface area (Å²) in [6.07, 6.45) is 0.171. The van der Waals surface area contributed by atoms with Crippen molar-refractivity contribution in [2.24, 2.45) is 5.92 Å². The molecule has 0 amide bonds. The first-order valence-corrected chi connectivity index (χ1v) is 6.27. The fourth-order valence-electron chi connectivity index (χ4n) is 2.65. The van der Waals surface area contributed by atoms with Crippen LogP contribution in [-0.4, -0.2) is 12.3 Å². The van der Waals surface area contributed by atoms with Crippen molar-refractivity contribution in [2.75, 3.05) is 0 Å². The molecule has 1 aromatic carbocycles. The van der Waals surface area contributed by atoms with Crippen molar-refractivity contribution in [2.45, 2.75) is 31.2 Å². The fourth-order valence-corrected chi connectivity index (χ4v) is 3.05. The summed E-state index contributed by atoms with van der Waals surface area (Å²) in [7, 11) is 0. The highest BCUT2D eigenvalue weighted by atomic mass is 79.9. The van der Waals surface area contributed by atoms with Crippen LogP contribution in [0.15, 0.2) is 28.7 Å². The molecule has 0 bridgehead atoms. The lowest BCUT2D eigenvalue weighted by atomic mass is 9.82. The van der Waals surface area contributed by atoms with E-state index in [-0.39, 0.29) is 12.0 Å². The predicted octanol–water partition coefficient (Wildman–Crippen LogP) is 2.93. The van der Waals surface area contributed by atoms with E-state index in [1.807, 2.05) is 24.3 Å². The number of halogens is 2. The molecule has 2 nitrogen and oxygen atoms in total. The van der Waals surface area contributed by atoms with Crippen molar-refractivity contribution >= 4 is 15.9 Å². The summed E-state index contributed by atoms with van der Waals surface area (Å²) in [6, 6.07) is 7.80. The number of alkyl halides is 1. The van der Waals surface area contributed by atoms with E-state index in [2.05, 4.69) is 21.4 Å². The van der Waals surface area contributed by atoms with Gasteiger partial charge >= 0.3 is 0 Å². The lowest BCUT2D eigenvalue weighted by Crippen LogP contribution is -2.47. The van der Waals surface area contributed by atoms with Crippen molar-refractivity contribution in [1.29, 1.82) is 0 Å². The highest BCUT2D eigenvalue weighted by molar-refractivity contribution is 9.10. The Kier molecular flexibility index (Phi) is 2.35. The van der Waals surface area contributed by atoms with Gasteiger partial charge in [-0.1, -0.05) is 28.1 Å². The van der Waals surface area contributed by atoms with Crippen LogP contribution in [0, 0.1) is 5.92 Å². The third-order valence-electron chi connectivity index (χ3n) is 3.63. The van der Waals surface area contributed by atoms with Gasteiger partial charge in [0.15, 0.2) is 0 Å². The molecule has 0 radical (unpaired) electrons. The van der Waals surface area contributed by atoms with Gasteiger partial charge in [-0.05, 0) is 31.0 Å². The molecule has 1 heterocycles. The maximum absolute atomic E-state index is 14.0. The van der Waals surface area contributed by atoms with Gasteiger partial charge in [0.2, 0.25) is 0 Å². The van der Waals surface area contributed by atoms with Gasteiger partial charge in [0.25, 0.3) is 0 Å². The molecule has 16 heavy (non-hydrogen) atoms. The van der Waals surface area contributed by atoms with Crippen LogP contribution in [-0.2, 0) is 10.4 Å². The second kappa shape index (κ2) is 3.52. The Balaban J connectivity index is 2.07. The molecule has 1 saturated heterocycles. The number of hydroxylamine groups is 1. The number of fused-ring (bicyclic) bond motifs is 1. The largest absolute Gasteiger partial charge is 0.297 e. The zero-order valence-electron chi connectivity index (χ0n) is 8.91. The van der Waals surface area contributed by atoms with Gasteiger partial charge in [0.05, 0.1) is 6.10 Å². The van der Waals surface area contributed by atoms with Crippen molar-refractivity contribution < 1.29 is 9.23 Å². The number of rotatable bonds is 2. The molecule has 1 saturated carbocycles. The van der Waals surface area contributed by atoms with Crippen molar-refractivity contribution in [3.05, 3.63) is 34.3 Å². The maximum atomic E-state index is 14.0. The van der Waals surface area contributed by atoms with E-state index < -0.39 is 11.7 Å². The summed E-state index contributed by atoms with van der Waals surface area (Å²) in [5.74, 6) is 0.266. The van der Waals surface area contributed by atoms with E-state index in [0.717, 1.165) is 16.5 Å². The molecule has 1 aliphatic carbocycles. The van der Waals surface area contributed by atoms with Crippen LogP contribution in [0.25, 0.3) is 0 Å². The van der Waals surface area contributed by atoms with Crippen LogP contribution in [0.1, 0.15) is 18.9 Å². The molecular formula is C12H13BrFNO. The Morgan fingerprint density at radius 3 is 2.94 bits per heavy atom. The minimum absolute atomic E-state index is 0.192. The fraction of sp³-hybridized carbons (Fsp3) is 0.500. The molecule has 4 heteroatoms. The Hall–Kier alpha value is -0.450. The number of hydrogen-bond acceptors (Lipinski definition) is 2. The van der Waals surface area contributed by atoms with E-state index >= 15 is 0 Å². The molecular weight excluding hydrogens is 273 g/mol. The molecule has 1 N–H and O–H groups in total. The molecule has 2 fully saturated rings. The van der Waals surface area contributed by atoms with E-state index in [1.165, 1.54) is 0 Å². The van der Waals surface area contributed by atoms with E-state index in [1.54, 1.807) is 6.92 Å². The van der Waals surface area contributed by atoms with E-state index in [4.69, 9.17) is 4.84 Å². The summed E-state index contributed by atoms with van der Waals surface area (Å²) in [5.41, 5.74) is 3.22. The molecule has 1 aromatic rings. The second-order valence-electron chi connectivity index (χ2n) is 4.60. The molecule has 3 rings (SSSR count). The second-order valence-corrected chi connectivity index (χ2v) is 5.51. The molecule has 86 valence electrons. The minimum atomic E-state index is -0.973. The average molecular weight is 286 g/mol. The van der Waals surface area contributed by atoms with Gasteiger partial charge in [-0.3, -0.25) is 4.84 Å². The van der Waals surface area contributed by atoms with Gasteiger partial charge < -0.3 is 0 Å². The Labute approximate surface area is 102 Å². The first kappa shape index (κ1) is 10.7. The van der Waals surface area contributed by atoms with Gasteiger partial charge in [-0.15, -0.1) is 0 Å². The molecule has 0 aromatic heterocycles. The summed E-state index contributed by atoms with van der Waals surface area (Å²) in [6.45, 7) is 1.60. The van der Waals surface area contributed by atoms with Crippen LogP contribution in [0.3, 0.4) is 0 Å². The summed E-state index contributed by atoms with van der Waals surface area (Å²) in [4.78, 5) is 5.39. The summed E-state index contributed by atoms with van der Waals surface area (Å²) in [5, 5.41) is 0. The molecule has 4 atom stereocenters. The highest BCUT2D eigenvalue weighted by Crippen LogP contribution is 2.54. The van der Waals surface area contributed by atoms with Gasteiger partial charge in [0, 0.05) is 10.4 Å². The Bertz CT molecular complexity index is 425. The van der Waals surface area contributed by atoms with Crippen LogP contribution >= 0.6 is 15.9 Å². The minimum Gasteiger partial charge on any atom is -0.297 e. The van der Waals surface area contributed by atoms with Gasteiger partial charge in [-0.2, -0.15) is 5.48 Å². The molecule has 1 aliphatic heterocycles. The number of benzene rings is 1. The monoisotopic (exact) mass is 285 g/mol. The SMILES string of the molecule is CC(F)[C@]1(c2cccc(Br)c2)NO[C@@H]2C[C@@H]21. The lowest BCUT2D eigenvalue weighted by Gasteiger charge is -2.32. The van der Waals surface area contributed by atoms with Crippen LogP contribution in [0.4, 0.5) is 4.39 Å². The standard InChI is InChI=1S/C12H13BrFNO/c1-7(14)12(10-6-11(10)16-15-12)8-3-2-4-9(13)5-8/h2-5,7,10-11,15H,6H2,1H3/t7?,10-,11+,12+/m0/s1.